The minimum atomic E-state index is 0.0814. The van der Waals surface area contributed by atoms with Crippen LogP contribution in [0.3, 0.4) is 0 Å². The molecule has 94 valence electrons. The Morgan fingerprint density at radius 2 is 2.06 bits per heavy atom. The van der Waals surface area contributed by atoms with Crippen molar-refractivity contribution in [3.05, 3.63) is 0 Å². The molecule has 0 aliphatic carbocycles. The summed E-state index contributed by atoms with van der Waals surface area (Å²) in [7, 11) is 3.21. The summed E-state index contributed by atoms with van der Waals surface area (Å²) < 4.78 is 0. The molecule has 1 unspecified atom stereocenters. The summed E-state index contributed by atoms with van der Waals surface area (Å²) in [6.07, 6.45) is 2.06. The van der Waals surface area contributed by atoms with E-state index in [1.54, 1.807) is 7.05 Å². The first-order valence-electron chi connectivity index (χ1n) is 5.93. The monoisotopic (exact) mass is 228 g/mol. The average molecular weight is 228 g/mol. The van der Waals surface area contributed by atoms with Crippen LogP contribution in [0, 0.1) is 5.92 Å². The Hall–Kier alpha value is -0.610. The molecule has 1 fully saturated rings. The Bertz CT molecular complexity index is 248. The van der Waals surface area contributed by atoms with Gasteiger partial charge in [0.1, 0.15) is 0 Å². The molecule has 0 saturated carbocycles. The highest BCUT2D eigenvalue weighted by atomic mass is 16.7. The molecule has 4 nitrogen and oxygen atoms in total. The number of hydrogen-bond acceptors (Lipinski definition) is 3. The van der Waals surface area contributed by atoms with Crippen molar-refractivity contribution in [1.82, 2.24) is 9.96 Å². The number of piperidine rings is 1. The summed E-state index contributed by atoms with van der Waals surface area (Å²) in [6.45, 7) is 8.51. The van der Waals surface area contributed by atoms with E-state index in [9.17, 15) is 4.79 Å². The highest BCUT2D eigenvalue weighted by Gasteiger charge is 2.32. The number of rotatable bonds is 2. The topological polar surface area (TPSA) is 32.8 Å². The fourth-order valence-electron chi connectivity index (χ4n) is 2.14. The third-order valence-corrected chi connectivity index (χ3v) is 3.30. The molecular weight excluding hydrogens is 204 g/mol. The number of amides is 1. The Morgan fingerprint density at radius 1 is 1.44 bits per heavy atom. The van der Waals surface area contributed by atoms with Crippen molar-refractivity contribution in [1.29, 1.82) is 0 Å². The van der Waals surface area contributed by atoms with Gasteiger partial charge in [0.2, 0.25) is 5.91 Å². The lowest BCUT2D eigenvalue weighted by atomic mass is 9.93. The lowest BCUT2D eigenvalue weighted by Gasteiger charge is -2.41. The molecule has 0 bridgehead atoms. The van der Waals surface area contributed by atoms with Gasteiger partial charge in [0, 0.05) is 19.1 Å². The summed E-state index contributed by atoms with van der Waals surface area (Å²) in [6, 6.07) is 0. The predicted octanol–water partition coefficient (Wildman–Crippen LogP) is 1.52. The molecule has 1 atom stereocenters. The summed E-state index contributed by atoms with van der Waals surface area (Å²) in [5.41, 5.74) is 0.143. The molecule has 0 aromatic heterocycles. The van der Waals surface area contributed by atoms with Crippen molar-refractivity contribution in [3.63, 3.8) is 0 Å². The van der Waals surface area contributed by atoms with Crippen LogP contribution in [0.4, 0.5) is 0 Å². The van der Waals surface area contributed by atoms with Crippen molar-refractivity contribution in [3.8, 4) is 0 Å². The van der Waals surface area contributed by atoms with E-state index in [0.29, 0.717) is 0 Å². The molecular formula is C12H24N2O2. The van der Waals surface area contributed by atoms with Gasteiger partial charge in [0.25, 0.3) is 0 Å². The zero-order chi connectivity index (χ0) is 12.3. The first-order valence-corrected chi connectivity index (χ1v) is 5.93. The van der Waals surface area contributed by atoms with E-state index < -0.39 is 0 Å². The van der Waals surface area contributed by atoms with Crippen LogP contribution in [0.1, 0.15) is 33.6 Å². The van der Waals surface area contributed by atoms with Gasteiger partial charge in [-0.15, -0.1) is 0 Å². The standard InChI is InChI=1S/C12H24N2O2/c1-12(2,3)14-8-6-7-10(9-14)11(15)13(4)16-5/h10H,6-9H2,1-5H3. The van der Waals surface area contributed by atoms with E-state index in [4.69, 9.17) is 4.84 Å². The Balaban J connectivity index is 2.60. The molecule has 4 heteroatoms. The lowest BCUT2D eigenvalue weighted by Crippen LogP contribution is -2.50. The highest BCUT2D eigenvalue weighted by molar-refractivity contribution is 5.77. The third kappa shape index (κ3) is 3.19. The van der Waals surface area contributed by atoms with E-state index in [1.807, 2.05) is 0 Å². The van der Waals surface area contributed by atoms with Crippen LogP contribution in [0.2, 0.25) is 0 Å². The van der Waals surface area contributed by atoms with E-state index in [1.165, 1.54) is 12.2 Å². The van der Waals surface area contributed by atoms with Gasteiger partial charge in [-0.2, -0.15) is 0 Å². The second kappa shape index (κ2) is 5.15. The Morgan fingerprint density at radius 3 is 2.56 bits per heavy atom. The smallest absolute Gasteiger partial charge is 0.250 e. The Kier molecular flexibility index (Phi) is 4.33. The van der Waals surface area contributed by atoms with E-state index in [2.05, 4.69) is 25.7 Å². The zero-order valence-electron chi connectivity index (χ0n) is 11.1. The number of likely N-dealkylation sites (tertiary alicyclic amines) is 1. The van der Waals surface area contributed by atoms with E-state index >= 15 is 0 Å². The summed E-state index contributed by atoms with van der Waals surface area (Å²) in [5.74, 6) is 0.175. The van der Waals surface area contributed by atoms with Crippen LogP contribution in [0.5, 0.6) is 0 Å². The van der Waals surface area contributed by atoms with Gasteiger partial charge >= 0.3 is 0 Å². The third-order valence-electron chi connectivity index (χ3n) is 3.30. The molecule has 0 N–H and O–H groups in total. The van der Waals surface area contributed by atoms with Crippen LogP contribution in [-0.4, -0.2) is 48.7 Å². The average Bonchev–Trinajstić information content (AvgIpc) is 2.26. The van der Waals surface area contributed by atoms with Crippen molar-refractivity contribution >= 4 is 5.91 Å². The van der Waals surface area contributed by atoms with E-state index in [0.717, 1.165) is 25.9 Å². The number of hydrogen-bond donors (Lipinski definition) is 0. The molecule has 1 aliphatic heterocycles. The molecule has 1 aliphatic rings. The normalized spacial score (nSPS) is 23.2. The number of carbonyl (C=O) groups is 1. The molecule has 0 radical (unpaired) electrons. The fraction of sp³-hybridized carbons (Fsp3) is 0.917. The maximum Gasteiger partial charge on any atom is 0.250 e. The summed E-state index contributed by atoms with van der Waals surface area (Å²) in [4.78, 5) is 19.3. The first kappa shape index (κ1) is 13.5. The minimum absolute atomic E-state index is 0.0814. The minimum Gasteiger partial charge on any atom is -0.298 e. The molecule has 1 heterocycles. The zero-order valence-corrected chi connectivity index (χ0v) is 11.1. The maximum atomic E-state index is 12.0. The second-order valence-electron chi connectivity index (χ2n) is 5.47. The number of nitrogens with zero attached hydrogens (tertiary/aromatic N) is 2. The predicted molar refractivity (Wildman–Crippen MR) is 63.8 cm³/mol. The quantitative estimate of drug-likeness (QED) is 0.672. The van der Waals surface area contributed by atoms with Gasteiger partial charge < -0.3 is 0 Å². The molecule has 1 saturated heterocycles. The molecule has 0 aromatic carbocycles. The van der Waals surface area contributed by atoms with Gasteiger partial charge in [0.05, 0.1) is 13.0 Å². The molecule has 0 aromatic rings. The van der Waals surface area contributed by atoms with Gasteiger partial charge in [-0.1, -0.05) is 0 Å². The van der Waals surface area contributed by atoms with Crippen LogP contribution in [-0.2, 0) is 9.63 Å². The molecule has 1 amide bonds. The SMILES string of the molecule is CON(C)C(=O)C1CCCN(C(C)(C)C)C1. The maximum absolute atomic E-state index is 12.0. The van der Waals surface area contributed by atoms with E-state index in [-0.39, 0.29) is 17.4 Å². The van der Waals surface area contributed by atoms with Crippen molar-refractivity contribution in [2.45, 2.75) is 39.2 Å². The van der Waals surface area contributed by atoms with Crippen molar-refractivity contribution in [2.75, 3.05) is 27.2 Å². The van der Waals surface area contributed by atoms with Crippen LogP contribution >= 0.6 is 0 Å². The Labute approximate surface area is 98.5 Å². The fourth-order valence-corrected chi connectivity index (χ4v) is 2.14. The molecule has 0 spiro atoms. The van der Waals surface area contributed by atoms with Crippen molar-refractivity contribution < 1.29 is 9.63 Å². The molecule has 1 rings (SSSR count). The van der Waals surface area contributed by atoms with Gasteiger partial charge in [0.15, 0.2) is 0 Å². The molecule has 16 heavy (non-hydrogen) atoms. The summed E-state index contributed by atoms with van der Waals surface area (Å²) >= 11 is 0. The largest absolute Gasteiger partial charge is 0.298 e. The highest BCUT2D eigenvalue weighted by Crippen LogP contribution is 2.24. The van der Waals surface area contributed by atoms with Gasteiger partial charge in [-0.3, -0.25) is 14.5 Å². The lowest BCUT2D eigenvalue weighted by molar-refractivity contribution is -0.175. The number of carbonyl (C=O) groups excluding carboxylic acids is 1. The van der Waals surface area contributed by atoms with Gasteiger partial charge in [-0.25, -0.2) is 5.06 Å². The van der Waals surface area contributed by atoms with Crippen molar-refractivity contribution in [2.24, 2.45) is 5.92 Å². The first-order chi connectivity index (χ1) is 7.36. The van der Waals surface area contributed by atoms with Crippen LogP contribution in [0.25, 0.3) is 0 Å². The van der Waals surface area contributed by atoms with Gasteiger partial charge in [-0.05, 0) is 40.2 Å². The second-order valence-corrected chi connectivity index (χ2v) is 5.47. The number of hydroxylamine groups is 2. The van der Waals surface area contributed by atoms with Crippen LogP contribution < -0.4 is 0 Å². The summed E-state index contributed by atoms with van der Waals surface area (Å²) in [5, 5.41) is 1.34. The van der Waals surface area contributed by atoms with Crippen LogP contribution in [0.15, 0.2) is 0 Å².